The zero-order valence-corrected chi connectivity index (χ0v) is 27.8. The number of amides is 3. The van der Waals surface area contributed by atoms with Crippen LogP contribution in [0.3, 0.4) is 0 Å². The molecule has 3 rings (SSSR count). The highest BCUT2D eigenvalue weighted by molar-refractivity contribution is 7.82. The second-order valence-electron chi connectivity index (χ2n) is 10.7. The van der Waals surface area contributed by atoms with E-state index >= 15 is 0 Å². The zero-order chi connectivity index (χ0) is 34.2. The highest BCUT2D eigenvalue weighted by Gasteiger charge is 2.32. The number of aromatic nitrogens is 1. The van der Waals surface area contributed by atoms with Gasteiger partial charge in [-0.1, -0.05) is 69.5 Å². The van der Waals surface area contributed by atoms with Crippen molar-refractivity contribution < 1.29 is 33.0 Å². The van der Waals surface area contributed by atoms with Crippen molar-refractivity contribution in [3.05, 3.63) is 83.6 Å². The molecule has 47 heavy (non-hydrogen) atoms. The molecular weight excluding hydrogens is 622 g/mol. The van der Waals surface area contributed by atoms with Crippen molar-refractivity contribution >= 4 is 35.2 Å². The van der Waals surface area contributed by atoms with Crippen LogP contribution in [0.1, 0.15) is 79.3 Å². The van der Waals surface area contributed by atoms with Crippen molar-refractivity contribution in [3.63, 3.8) is 0 Å². The Bertz CT molecular complexity index is 1520. The average Bonchev–Trinajstić information content (AvgIpc) is 3.09. The number of hydrogen-bond donors (Lipinski definition) is 3. The summed E-state index contributed by atoms with van der Waals surface area (Å²) in [5.41, 5.74) is 1.85. The summed E-state index contributed by atoms with van der Waals surface area (Å²) >= 11 is 0. The van der Waals surface area contributed by atoms with Crippen LogP contribution >= 0.6 is 0 Å². The van der Waals surface area contributed by atoms with Gasteiger partial charge in [-0.05, 0) is 55.7 Å². The number of hydroxylamine groups is 2. The van der Waals surface area contributed by atoms with E-state index in [1.807, 2.05) is 37.3 Å². The van der Waals surface area contributed by atoms with Gasteiger partial charge in [0.15, 0.2) is 0 Å². The molecular formula is C34H43N5O7S. The predicted octanol–water partition coefficient (Wildman–Crippen LogP) is 4.28. The number of nitrogens with one attached hydrogen (secondary N) is 2. The van der Waals surface area contributed by atoms with Crippen molar-refractivity contribution in [2.75, 3.05) is 13.3 Å². The Morgan fingerprint density at radius 3 is 2.43 bits per heavy atom. The lowest BCUT2D eigenvalue weighted by atomic mass is 9.90. The molecule has 13 heteroatoms. The van der Waals surface area contributed by atoms with E-state index in [0.29, 0.717) is 30.5 Å². The molecule has 4 N–H and O–H groups in total. The minimum Gasteiger partial charge on any atom is -0.462 e. The fraction of sp³-hybridized carbons (Fsp3) is 0.382. The zero-order valence-electron chi connectivity index (χ0n) is 27.0. The largest absolute Gasteiger partial charge is 0.462 e. The second kappa shape index (κ2) is 19.3. The van der Waals surface area contributed by atoms with Gasteiger partial charge in [0.05, 0.1) is 41.4 Å². The van der Waals surface area contributed by atoms with Crippen molar-refractivity contribution in [2.45, 2.75) is 70.4 Å². The number of carbonyl (C=O) groups is 4. The number of nitrogens with zero attached hydrogens (tertiary/aromatic N) is 2. The molecule has 0 saturated heterocycles. The lowest BCUT2D eigenvalue weighted by Gasteiger charge is -2.32. The number of pyridine rings is 1. The first-order chi connectivity index (χ1) is 22.7. The second-order valence-corrected chi connectivity index (χ2v) is 11.8. The summed E-state index contributed by atoms with van der Waals surface area (Å²) in [5, 5.41) is 12.2. The molecule has 1 aromatic heterocycles. The van der Waals surface area contributed by atoms with Crippen LogP contribution in [-0.4, -0.2) is 57.8 Å². The maximum absolute atomic E-state index is 13.5. The Morgan fingerprint density at radius 2 is 1.77 bits per heavy atom. The van der Waals surface area contributed by atoms with Crippen LogP contribution in [0.15, 0.2) is 71.6 Å². The Balaban J connectivity index is 1.71. The number of ether oxygens (including phenoxy) is 1. The molecule has 0 aliphatic rings. The molecule has 3 unspecified atom stereocenters. The Hall–Kier alpha value is -4.46. The van der Waals surface area contributed by atoms with E-state index in [1.54, 1.807) is 19.1 Å². The van der Waals surface area contributed by atoms with Crippen LogP contribution in [0.5, 0.6) is 0 Å². The highest BCUT2D eigenvalue weighted by atomic mass is 32.2. The van der Waals surface area contributed by atoms with Gasteiger partial charge in [0.2, 0.25) is 12.3 Å². The van der Waals surface area contributed by atoms with Gasteiger partial charge in [0.25, 0.3) is 5.91 Å². The van der Waals surface area contributed by atoms with Gasteiger partial charge >= 0.3 is 5.97 Å². The summed E-state index contributed by atoms with van der Waals surface area (Å²) in [6.45, 7) is 5.80. The summed E-state index contributed by atoms with van der Waals surface area (Å²) in [4.78, 5) is 61.4. The fourth-order valence-corrected chi connectivity index (χ4v) is 5.52. The molecule has 252 valence electrons. The molecule has 0 fully saturated rings. The monoisotopic (exact) mass is 665 g/mol. The lowest BCUT2D eigenvalue weighted by Crippen LogP contribution is -2.48. The third-order valence-electron chi connectivity index (χ3n) is 7.43. The van der Waals surface area contributed by atoms with E-state index in [-0.39, 0.29) is 41.9 Å². The van der Waals surface area contributed by atoms with E-state index < -0.39 is 34.8 Å². The summed E-state index contributed by atoms with van der Waals surface area (Å²) in [5.74, 6) is -2.04. The third kappa shape index (κ3) is 11.1. The molecule has 0 spiro atoms. The van der Waals surface area contributed by atoms with Crippen LogP contribution in [0.4, 0.5) is 0 Å². The number of nitrogens with two attached hydrogens (primary N) is 1. The summed E-state index contributed by atoms with van der Waals surface area (Å²) in [7, 11) is -1.88. The summed E-state index contributed by atoms with van der Waals surface area (Å²) in [6, 6.07) is 18.1. The molecule has 0 aliphatic carbocycles. The maximum Gasteiger partial charge on any atom is 0.338 e. The first-order valence-corrected chi connectivity index (χ1v) is 16.9. The number of benzene rings is 2. The van der Waals surface area contributed by atoms with Crippen LogP contribution in [0, 0.1) is 5.92 Å². The topological polar surface area (TPSA) is 170 Å². The number of unbranched alkanes of at least 4 members (excludes halogenated alkanes) is 2. The van der Waals surface area contributed by atoms with Crippen LogP contribution < -0.4 is 15.8 Å². The van der Waals surface area contributed by atoms with Gasteiger partial charge in [-0.25, -0.2) is 24.2 Å². The smallest absolute Gasteiger partial charge is 0.338 e. The number of esters is 1. The normalized spacial score (nSPS) is 12.8. The molecule has 1 heterocycles. The molecule has 3 aromatic rings. The van der Waals surface area contributed by atoms with Crippen molar-refractivity contribution in [2.24, 2.45) is 11.1 Å². The van der Waals surface area contributed by atoms with E-state index in [0.717, 1.165) is 24.8 Å². The first kappa shape index (κ1) is 37.0. The van der Waals surface area contributed by atoms with Gasteiger partial charge in [-0.15, -0.1) is 0 Å². The average molecular weight is 666 g/mol. The third-order valence-corrected chi connectivity index (χ3v) is 8.13. The number of hydrogen-bond acceptors (Lipinski definition) is 8. The quantitative estimate of drug-likeness (QED) is 0.0560. The highest BCUT2D eigenvalue weighted by Crippen LogP contribution is 2.24. The molecule has 0 aliphatic heterocycles. The number of rotatable bonds is 19. The van der Waals surface area contributed by atoms with Crippen LogP contribution in [0.25, 0.3) is 11.3 Å². The van der Waals surface area contributed by atoms with Gasteiger partial charge in [-0.2, -0.15) is 0 Å². The lowest BCUT2D eigenvalue weighted by molar-refractivity contribution is -0.200. The van der Waals surface area contributed by atoms with Crippen molar-refractivity contribution in [1.29, 1.82) is 0 Å². The first-order valence-electron chi connectivity index (χ1n) is 15.6. The van der Waals surface area contributed by atoms with Crippen LogP contribution in [-0.2, 0) is 36.8 Å². The van der Waals surface area contributed by atoms with E-state index in [2.05, 4.69) is 22.5 Å². The molecule has 12 nitrogen and oxygen atoms in total. The van der Waals surface area contributed by atoms with E-state index in [1.165, 1.54) is 29.3 Å². The van der Waals surface area contributed by atoms with E-state index in [9.17, 15) is 23.4 Å². The maximum atomic E-state index is 13.5. The standard InChI is InChI=1S/C34H43N5O7S/c1-4-7-9-15-28(31(5-2)39(23-40)46-21-24-13-10-8-11-14-24)32(41)36-22-37-33(42)30-17-12-16-29(38-30)25-18-26(34(43)45-6-3)20-27(19-25)47(35)44/h8,10-14,16-20,23,28,31H,4-7,9,15,21-22,35H2,1-3H3,(H,36,41)(H,37,42). The van der Waals surface area contributed by atoms with Gasteiger partial charge in [0.1, 0.15) is 23.3 Å². The van der Waals surface area contributed by atoms with Gasteiger partial charge < -0.3 is 15.4 Å². The molecule has 0 radical (unpaired) electrons. The van der Waals surface area contributed by atoms with Crippen molar-refractivity contribution in [3.8, 4) is 11.3 Å². The molecule has 2 aromatic carbocycles. The Morgan fingerprint density at radius 1 is 1.00 bits per heavy atom. The van der Waals surface area contributed by atoms with E-state index in [4.69, 9.17) is 14.7 Å². The molecule has 0 saturated carbocycles. The summed E-state index contributed by atoms with van der Waals surface area (Å²) < 4.78 is 17.1. The van der Waals surface area contributed by atoms with Gasteiger partial charge in [-0.3, -0.25) is 19.2 Å². The SMILES string of the molecule is CCCCCC(C(=O)NCNC(=O)c1cccc(-c2cc(C(=O)OCC)cc(S(N)=O)c2)n1)C(CC)N(C=O)OCc1ccccc1. The van der Waals surface area contributed by atoms with Crippen LogP contribution in [0.2, 0.25) is 0 Å². The molecule has 0 bridgehead atoms. The Kier molecular flexibility index (Phi) is 15.2. The minimum absolute atomic E-state index is 0.0566. The predicted molar refractivity (Wildman–Crippen MR) is 178 cm³/mol. The minimum atomic E-state index is -1.88. The fourth-order valence-electron chi connectivity index (χ4n) is 5.03. The number of carbonyl (C=O) groups excluding carboxylic acids is 4. The van der Waals surface area contributed by atoms with Gasteiger partial charge in [0, 0.05) is 5.56 Å². The summed E-state index contributed by atoms with van der Waals surface area (Å²) in [6.07, 6.45) is 4.31. The molecule has 3 amide bonds. The van der Waals surface area contributed by atoms with Crippen molar-refractivity contribution in [1.82, 2.24) is 20.7 Å². The Labute approximate surface area is 278 Å². The molecule has 3 atom stereocenters.